The third-order valence-corrected chi connectivity index (χ3v) is 10.6. The predicted octanol–water partition coefficient (Wildman–Crippen LogP) is 6.35. The Hall–Kier alpha value is -1.88. The summed E-state index contributed by atoms with van der Waals surface area (Å²) in [4.78, 5) is 31.3. The number of hydrogen-bond donors (Lipinski definition) is 2. The highest BCUT2D eigenvalue weighted by molar-refractivity contribution is 14.1. The number of H-pyrrole nitrogens is 1. The monoisotopic (exact) mass is 687 g/mol. The Balaban J connectivity index is 1.16. The minimum absolute atomic E-state index is 0.180. The summed E-state index contributed by atoms with van der Waals surface area (Å²) < 4.78 is 6.65. The van der Waals surface area contributed by atoms with Crippen LogP contribution in [0.1, 0.15) is 62.6 Å². The highest BCUT2D eigenvalue weighted by Crippen LogP contribution is 2.45. The van der Waals surface area contributed by atoms with Crippen LogP contribution in [0, 0.1) is 9.49 Å². The van der Waals surface area contributed by atoms with E-state index in [2.05, 4.69) is 69.1 Å². The van der Waals surface area contributed by atoms with Crippen molar-refractivity contribution in [3.8, 4) is 5.75 Å². The summed E-state index contributed by atoms with van der Waals surface area (Å²) in [7, 11) is 0. The Morgan fingerprint density at radius 1 is 1.22 bits per heavy atom. The zero-order chi connectivity index (χ0) is 28.9. The minimum Gasteiger partial charge on any atom is -0.425 e. The second-order valence-corrected chi connectivity index (χ2v) is 13.6. The molecular formula is C33H42IN3O3S. The van der Waals surface area contributed by atoms with Gasteiger partial charge < -0.3 is 15.0 Å². The highest BCUT2D eigenvalue weighted by atomic mass is 127. The number of carbonyl (C=O) groups excluding carboxylic acids is 2. The lowest BCUT2D eigenvalue weighted by Crippen LogP contribution is -2.50. The summed E-state index contributed by atoms with van der Waals surface area (Å²) in [6.45, 7) is 9.16. The number of piperidine rings is 1. The maximum Gasteiger partial charge on any atom is 0.321 e. The Labute approximate surface area is 261 Å². The molecule has 5 rings (SSSR count). The summed E-state index contributed by atoms with van der Waals surface area (Å²) in [6.07, 6.45) is 6.82. The van der Waals surface area contributed by atoms with Crippen molar-refractivity contribution in [1.29, 1.82) is 0 Å². The second-order valence-electron chi connectivity index (χ2n) is 11.4. The number of thioether (sulfide) groups is 1. The third kappa shape index (κ3) is 7.03. The van der Waals surface area contributed by atoms with Gasteiger partial charge >= 0.3 is 5.97 Å². The number of nitrogens with zero attached hydrogens (tertiary/aromatic N) is 1. The first-order valence-corrected chi connectivity index (χ1v) is 17.3. The number of aromatic amines is 1. The van der Waals surface area contributed by atoms with E-state index < -0.39 is 0 Å². The van der Waals surface area contributed by atoms with E-state index in [9.17, 15) is 9.59 Å². The predicted molar refractivity (Wildman–Crippen MR) is 177 cm³/mol. The standard InChI is InChI=1S/C33H42IN3O3S/c1-4-12-37-18-22(13-25-24-8-7-9-27-33(24)23(17-36-27)16-29(25)37)19-41-20-32(39)40-31-11-10-21(14-26(31)34)15-28(35-6-3)30(38)5-2/h7-11,14,17,22,25,28-29,35-36H,4-6,12-13,15-16,18-20H2,1-3H3/t22-,25-,28+,29-/m1/s1. The topological polar surface area (TPSA) is 74.4 Å². The van der Waals surface area contributed by atoms with E-state index >= 15 is 0 Å². The van der Waals surface area contributed by atoms with Crippen LogP contribution in [0.4, 0.5) is 0 Å². The van der Waals surface area contributed by atoms with Gasteiger partial charge in [0, 0.05) is 42.0 Å². The maximum absolute atomic E-state index is 12.8. The van der Waals surface area contributed by atoms with E-state index in [1.807, 2.05) is 32.0 Å². The van der Waals surface area contributed by atoms with Crippen molar-refractivity contribution >= 4 is 57.0 Å². The van der Waals surface area contributed by atoms with Crippen LogP contribution in [0.2, 0.25) is 0 Å². The van der Waals surface area contributed by atoms with Crippen LogP contribution >= 0.6 is 34.4 Å². The first-order valence-electron chi connectivity index (χ1n) is 15.1. The minimum atomic E-state index is -0.203. The third-order valence-electron chi connectivity index (χ3n) is 8.59. The number of rotatable bonds is 13. The van der Waals surface area contributed by atoms with Crippen LogP contribution in [0.15, 0.2) is 42.6 Å². The molecule has 6 nitrogen and oxygen atoms in total. The van der Waals surface area contributed by atoms with Gasteiger partial charge in [-0.1, -0.05) is 39.0 Å². The molecule has 0 radical (unpaired) electrons. The van der Waals surface area contributed by atoms with Crippen molar-refractivity contribution in [3.05, 3.63) is 62.9 Å². The lowest BCUT2D eigenvalue weighted by atomic mass is 9.72. The number of likely N-dealkylation sites (N-methyl/N-ethyl adjacent to an activating group) is 1. The molecule has 8 heteroatoms. The van der Waals surface area contributed by atoms with E-state index in [4.69, 9.17) is 4.74 Å². The number of halogens is 1. The van der Waals surface area contributed by atoms with Crippen molar-refractivity contribution in [2.24, 2.45) is 5.92 Å². The van der Waals surface area contributed by atoms with Crippen LogP contribution in [0.25, 0.3) is 10.9 Å². The fraction of sp³-hybridized carbons (Fsp3) is 0.515. The Morgan fingerprint density at radius 2 is 2.07 bits per heavy atom. The molecule has 0 amide bonds. The first kappa shape index (κ1) is 30.6. The van der Waals surface area contributed by atoms with Gasteiger partial charge in [-0.3, -0.25) is 14.5 Å². The van der Waals surface area contributed by atoms with E-state index in [0.717, 1.165) is 47.4 Å². The number of nitrogens with one attached hydrogen (secondary N) is 2. The van der Waals surface area contributed by atoms with Crippen molar-refractivity contribution in [2.45, 2.75) is 70.9 Å². The number of likely N-dealkylation sites (tertiary alicyclic amines) is 1. The molecule has 0 saturated carbocycles. The summed E-state index contributed by atoms with van der Waals surface area (Å²) in [5, 5.41) is 4.73. The quantitative estimate of drug-likeness (QED) is 0.124. The lowest BCUT2D eigenvalue weighted by Gasteiger charge is -2.47. The van der Waals surface area contributed by atoms with Crippen LogP contribution < -0.4 is 10.1 Å². The molecule has 1 aromatic heterocycles. The molecule has 1 fully saturated rings. The molecule has 3 aromatic rings. The van der Waals surface area contributed by atoms with Gasteiger partial charge in [0.15, 0.2) is 0 Å². The second kappa shape index (κ2) is 14.1. The van der Waals surface area contributed by atoms with Gasteiger partial charge in [0.25, 0.3) is 0 Å². The number of ether oxygens (including phenoxy) is 1. The smallest absolute Gasteiger partial charge is 0.321 e. The number of fused-ring (bicyclic) bond motifs is 2. The molecule has 2 aliphatic rings. The number of hydrogen-bond acceptors (Lipinski definition) is 6. The van der Waals surface area contributed by atoms with Gasteiger partial charge in [0.2, 0.25) is 0 Å². The fourth-order valence-electron chi connectivity index (χ4n) is 6.81. The van der Waals surface area contributed by atoms with Crippen molar-refractivity contribution < 1.29 is 14.3 Å². The largest absolute Gasteiger partial charge is 0.425 e. The van der Waals surface area contributed by atoms with Crippen LogP contribution in [0.3, 0.4) is 0 Å². The average molecular weight is 688 g/mol. The molecule has 2 heterocycles. The van der Waals surface area contributed by atoms with Crippen LogP contribution in [-0.2, 0) is 22.4 Å². The molecule has 1 aliphatic carbocycles. The first-order chi connectivity index (χ1) is 19.9. The van der Waals surface area contributed by atoms with Crippen molar-refractivity contribution in [3.63, 3.8) is 0 Å². The summed E-state index contributed by atoms with van der Waals surface area (Å²) in [5.41, 5.74) is 5.28. The molecule has 4 atom stereocenters. The summed E-state index contributed by atoms with van der Waals surface area (Å²) in [6, 6.07) is 12.9. The maximum atomic E-state index is 12.8. The van der Waals surface area contributed by atoms with Crippen molar-refractivity contribution in [2.75, 3.05) is 31.1 Å². The van der Waals surface area contributed by atoms with E-state index in [-0.39, 0.29) is 17.8 Å². The van der Waals surface area contributed by atoms with Gasteiger partial charge in [-0.15, -0.1) is 11.8 Å². The molecule has 0 bridgehead atoms. The number of aromatic nitrogens is 1. The number of ketones is 1. The molecule has 0 unspecified atom stereocenters. The van der Waals surface area contributed by atoms with Gasteiger partial charge in [-0.2, -0.15) is 0 Å². The van der Waals surface area contributed by atoms with E-state index in [1.54, 1.807) is 11.8 Å². The van der Waals surface area contributed by atoms with Gasteiger partial charge in [-0.25, -0.2) is 0 Å². The molecule has 220 valence electrons. The molecular weight excluding hydrogens is 645 g/mol. The van der Waals surface area contributed by atoms with E-state index in [1.165, 1.54) is 28.5 Å². The zero-order valence-electron chi connectivity index (χ0n) is 24.4. The number of Topliss-reactive ketones (excluding diaryl/α,β-unsaturated/α-hetero) is 1. The molecule has 2 aromatic carbocycles. The SMILES string of the molecule is CCCN1C[C@H](CSCC(=O)Oc2ccc(C[C@H](NCC)C(=O)CC)cc2I)C[C@@H]2c3cccc4[nH]cc(c34)C[C@H]21. The molecule has 1 aliphatic heterocycles. The molecule has 41 heavy (non-hydrogen) atoms. The molecule has 2 N–H and O–H groups in total. The molecule has 1 saturated heterocycles. The summed E-state index contributed by atoms with van der Waals surface area (Å²) >= 11 is 3.92. The Kier molecular flexibility index (Phi) is 10.5. The van der Waals surface area contributed by atoms with Gasteiger partial charge in [-0.05, 0) is 108 Å². The molecule has 0 spiro atoms. The number of esters is 1. The van der Waals surface area contributed by atoms with Crippen LogP contribution in [0.5, 0.6) is 5.75 Å². The average Bonchev–Trinajstić information content (AvgIpc) is 3.38. The van der Waals surface area contributed by atoms with Crippen LogP contribution in [-0.4, -0.2) is 64.9 Å². The van der Waals surface area contributed by atoms with E-state index in [0.29, 0.717) is 42.2 Å². The van der Waals surface area contributed by atoms with Crippen molar-refractivity contribution in [1.82, 2.24) is 15.2 Å². The van der Waals surface area contributed by atoms with Gasteiger partial charge in [0.1, 0.15) is 11.5 Å². The normalized spacial score (nSPS) is 21.0. The highest BCUT2D eigenvalue weighted by Gasteiger charge is 2.40. The Morgan fingerprint density at radius 3 is 2.83 bits per heavy atom. The fourth-order valence-corrected chi connectivity index (χ4v) is 8.42. The lowest BCUT2D eigenvalue weighted by molar-refractivity contribution is -0.131. The van der Waals surface area contributed by atoms with Gasteiger partial charge in [0.05, 0.1) is 15.4 Å². The summed E-state index contributed by atoms with van der Waals surface area (Å²) in [5.74, 6) is 3.00. The zero-order valence-corrected chi connectivity index (χ0v) is 27.4. The number of benzene rings is 2. The number of carbonyl (C=O) groups is 2. The Bertz CT molecular complexity index is 1380.